The monoisotopic (exact) mass is 235 g/mol. The second kappa shape index (κ2) is 5.21. The van der Waals surface area contributed by atoms with Gasteiger partial charge in [0.1, 0.15) is 0 Å². The van der Waals surface area contributed by atoms with Crippen LogP contribution in [0.1, 0.15) is 61.5 Å². The molecule has 0 amide bonds. The highest BCUT2D eigenvalue weighted by molar-refractivity contribution is 5.27. The standard InChI is InChI=1S/C14H25N3/c1-10-14(11(2)17(3)16-10)13(15)9-12-7-5-4-6-8-12/h12-13H,4-9,15H2,1-3H3. The highest BCUT2D eigenvalue weighted by Crippen LogP contribution is 2.32. The number of nitrogens with two attached hydrogens (primary N) is 1. The molecule has 1 aromatic heterocycles. The normalized spacial score (nSPS) is 19.5. The van der Waals surface area contributed by atoms with Crippen LogP contribution in [0, 0.1) is 19.8 Å². The van der Waals surface area contributed by atoms with Crippen LogP contribution in [-0.4, -0.2) is 9.78 Å². The summed E-state index contributed by atoms with van der Waals surface area (Å²) in [6.07, 6.45) is 8.06. The Morgan fingerprint density at radius 3 is 2.47 bits per heavy atom. The first-order valence-electron chi connectivity index (χ1n) is 6.85. The van der Waals surface area contributed by atoms with Crippen molar-refractivity contribution in [1.82, 2.24) is 9.78 Å². The molecule has 1 aromatic rings. The molecule has 1 aliphatic rings. The van der Waals surface area contributed by atoms with Crippen LogP contribution in [0.4, 0.5) is 0 Å². The zero-order valence-electron chi connectivity index (χ0n) is 11.4. The lowest BCUT2D eigenvalue weighted by Gasteiger charge is -2.24. The minimum absolute atomic E-state index is 0.173. The average molecular weight is 235 g/mol. The van der Waals surface area contributed by atoms with Gasteiger partial charge in [0, 0.05) is 24.3 Å². The van der Waals surface area contributed by atoms with Crippen LogP contribution in [0.25, 0.3) is 0 Å². The van der Waals surface area contributed by atoms with Gasteiger partial charge in [0.05, 0.1) is 5.69 Å². The average Bonchev–Trinajstić information content (AvgIpc) is 2.54. The van der Waals surface area contributed by atoms with Gasteiger partial charge in [-0.05, 0) is 26.2 Å². The van der Waals surface area contributed by atoms with E-state index in [-0.39, 0.29) is 6.04 Å². The lowest BCUT2D eigenvalue weighted by atomic mass is 9.83. The Morgan fingerprint density at radius 2 is 1.94 bits per heavy atom. The molecule has 1 unspecified atom stereocenters. The maximum atomic E-state index is 6.39. The summed E-state index contributed by atoms with van der Waals surface area (Å²) in [6, 6.07) is 0.173. The Kier molecular flexibility index (Phi) is 3.87. The fourth-order valence-corrected chi connectivity index (χ4v) is 3.23. The van der Waals surface area contributed by atoms with E-state index in [1.807, 2.05) is 11.7 Å². The summed E-state index contributed by atoms with van der Waals surface area (Å²) in [5.41, 5.74) is 10.00. The molecule has 0 aliphatic heterocycles. The van der Waals surface area contributed by atoms with Crippen molar-refractivity contribution in [3.05, 3.63) is 17.0 Å². The van der Waals surface area contributed by atoms with Crippen LogP contribution in [0.2, 0.25) is 0 Å². The molecule has 1 saturated carbocycles. The van der Waals surface area contributed by atoms with Crippen molar-refractivity contribution in [3.8, 4) is 0 Å². The first-order valence-corrected chi connectivity index (χ1v) is 6.85. The van der Waals surface area contributed by atoms with Crippen LogP contribution in [0.3, 0.4) is 0 Å². The molecule has 3 heteroatoms. The van der Waals surface area contributed by atoms with Crippen LogP contribution >= 0.6 is 0 Å². The van der Waals surface area contributed by atoms with E-state index in [1.165, 1.54) is 43.4 Å². The third-order valence-corrected chi connectivity index (χ3v) is 4.25. The smallest absolute Gasteiger partial charge is 0.0644 e. The summed E-state index contributed by atoms with van der Waals surface area (Å²) in [6.45, 7) is 4.19. The van der Waals surface area contributed by atoms with Gasteiger partial charge in [-0.1, -0.05) is 32.1 Å². The number of hydrogen-bond acceptors (Lipinski definition) is 2. The summed E-state index contributed by atoms with van der Waals surface area (Å²) in [7, 11) is 2.00. The number of hydrogen-bond donors (Lipinski definition) is 1. The van der Waals surface area contributed by atoms with Gasteiger partial charge in [-0.3, -0.25) is 4.68 Å². The van der Waals surface area contributed by atoms with Crippen LogP contribution in [-0.2, 0) is 7.05 Å². The van der Waals surface area contributed by atoms with Crippen molar-refractivity contribution in [2.75, 3.05) is 0 Å². The summed E-state index contributed by atoms with van der Waals surface area (Å²) in [5, 5.41) is 4.46. The van der Waals surface area contributed by atoms with Crippen molar-refractivity contribution in [1.29, 1.82) is 0 Å². The van der Waals surface area contributed by atoms with Gasteiger partial charge < -0.3 is 5.73 Å². The molecule has 0 bridgehead atoms. The lowest BCUT2D eigenvalue weighted by Crippen LogP contribution is -2.18. The largest absolute Gasteiger partial charge is 0.324 e. The van der Waals surface area contributed by atoms with E-state index in [2.05, 4.69) is 18.9 Å². The molecule has 0 radical (unpaired) electrons. The molecule has 2 N–H and O–H groups in total. The van der Waals surface area contributed by atoms with Gasteiger partial charge in [0.15, 0.2) is 0 Å². The molecule has 1 heterocycles. The molecular weight excluding hydrogens is 210 g/mol. The van der Waals surface area contributed by atoms with Crippen LogP contribution < -0.4 is 5.73 Å². The summed E-state index contributed by atoms with van der Waals surface area (Å²) in [4.78, 5) is 0. The minimum atomic E-state index is 0.173. The summed E-state index contributed by atoms with van der Waals surface area (Å²) >= 11 is 0. The Labute approximate surface area is 104 Å². The molecule has 2 rings (SSSR count). The Balaban J connectivity index is 2.05. The van der Waals surface area contributed by atoms with Crippen molar-refractivity contribution in [2.24, 2.45) is 18.7 Å². The molecule has 1 atom stereocenters. The van der Waals surface area contributed by atoms with Gasteiger partial charge >= 0.3 is 0 Å². The van der Waals surface area contributed by atoms with Crippen molar-refractivity contribution in [2.45, 2.75) is 58.4 Å². The van der Waals surface area contributed by atoms with Gasteiger partial charge in [0.2, 0.25) is 0 Å². The van der Waals surface area contributed by atoms with Crippen molar-refractivity contribution >= 4 is 0 Å². The Hall–Kier alpha value is -0.830. The van der Waals surface area contributed by atoms with Gasteiger partial charge in [0.25, 0.3) is 0 Å². The van der Waals surface area contributed by atoms with Gasteiger partial charge in [-0.25, -0.2) is 0 Å². The van der Waals surface area contributed by atoms with Crippen LogP contribution in [0.5, 0.6) is 0 Å². The minimum Gasteiger partial charge on any atom is -0.324 e. The molecule has 96 valence electrons. The second-order valence-electron chi connectivity index (χ2n) is 5.55. The maximum Gasteiger partial charge on any atom is 0.0644 e. The van der Waals surface area contributed by atoms with E-state index in [0.29, 0.717) is 0 Å². The first kappa shape index (κ1) is 12.6. The molecule has 0 saturated heterocycles. The van der Waals surface area contributed by atoms with Crippen molar-refractivity contribution in [3.63, 3.8) is 0 Å². The quantitative estimate of drug-likeness (QED) is 0.875. The zero-order chi connectivity index (χ0) is 12.4. The molecule has 1 aliphatic carbocycles. The Bertz CT molecular complexity index is 375. The lowest BCUT2D eigenvalue weighted by molar-refractivity contribution is 0.318. The summed E-state index contributed by atoms with van der Waals surface area (Å²) in [5.74, 6) is 0.831. The fraction of sp³-hybridized carbons (Fsp3) is 0.786. The highest BCUT2D eigenvalue weighted by Gasteiger charge is 2.21. The number of nitrogens with zero attached hydrogens (tertiary/aromatic N) is 2. The highest BCUT2D eigenvalue weighted by atomic mass is 15.3. The fourth-order valence-electron chi connectivity index (χ4n) is 3.23. The number of aromatic nitrogens is 2. The van der Waals surface area contributed by atoms with Crippen LogP contribution in [0.15, 0.2) is 0 Å². The predicted molar refractivity (Wildman–Crippen MR) is 70.8 cm³/mol. The predicted octanol–water partition coefficient (Wildman–Crippen LogP) is 3.01. The van der Waals surface area contributed by atoms with Gasteiger partial charge in [-0.15, -0.1) is 0 Å². The van der Waals surface area contributed by atoms with E-state index in [9.17, 15) is 0 Å². The molecule has 0 aromatic carbocycles. The van der Waals surface area contributed by atoms with Gasteiger partial charge in [-0.2, -0.15) is 5.10 Å². The zero-order valence-corrected chi connectivity index (χ0v) is 11.4. The maximum absolute atomic E-state index is 6.39. The molecule has 1 fully saturated rings. The number of rotatable bonds is 3. The third-order valence-electron chi connectivity index (χ3n) is 4.25. The van der Waals surface area contributed by atoms with E-state index in [4.69, 9.17) is 5.73 Å². The van der Waals surface area contributed by atoms with E-state index in [1.54, 1.807) is 0 Å². The molecule has 0 spiro atoms. The third kappa shape index (κ3) is 2.71. The number of aryl methyl sites for hydroxylation is 2. The molecular formula is C14H25N3. The van der Waals surface area contributed by atoms with E-state index >= 15 is 0 Å². The SMILES string of the molecule is Cc1nn(C)c(C)c1C(N)CC1CCCCC1. The second-order valence-corrected chi connectivity index (χ2v) is 5.55. The van der Waals surface area contributed by atoms with Crippen molar-refractivity contribution < 1.29 is 0 Å². The molecule has 3 nitrogen and oxygen atoms in total. The molecule has 17 heavy (non-hydrogen) atoms. The Morgan fingerprint density at radius 1 is 1.29 bits per heavy atom. The summed E-state index contributed by atoms with van der Waals surface area (Å²) < 4.78 is 1.95. The van der Waals surface area contributed by atoms with E-state index in [0.717, 1.165) is 18.0 Å². The first-order chi connectivity index (χ1) is 8.09. The van der Waals surface area contributed by atoms with E-state index < -0.39 is 0 Å². The topological polar surface area (TPSA) is 43.8 Å².